The number of alkyl halides is 1. The molecule has 0 heterocycles. The zero-order valence-corrected chi connectivity index (χ0v) is 5.18. The van der Waals surface area contributed by atoms with Crippen LogP contribution in [-0.4, -0.2) is 16.6 Å². The Morgan fingerprint density at radius 2 is 2.50 bits per heavy atom. The third-order valence-corrected chi connectivity index (χ3v) is 0.704. The molecule has 0 saturated carbocycles. The van der Waals surface area contributed by atoms with E-state index < -0.39 is 5.97 Å². The third kappa shape index (κ3) is 3.89. The molecule has 0 aromatic carbocycles. The highest BCUT2D eigenvalue weighted by Gasteiger charge is 2.05. The number of halogens is 1. The normalized spacial score (nSPS) is 12.9. The molecule has 3 nitrogen and oxygen atoms in total. The summed E-state index contributed by atoms with van der Waals surface area (Å²) in [6.07, 6.45) is 0.0397. The Bertz CT molecular complexity index is 81.4. The Hall–Kier alpha value is -0.280. The van der Waals surface area contributed by atoms with E-state index in [2.05, 4.69) is 4.89 Å². The highest BCUT2D eigenvalue weighted by Crippen LogP contribution is 1.99. The molecular formula is C4H7ClO3. The van der Waals surface area contributed by atoms with Gasteiger partial charge in [0.15, 0.2) is 0 Å². The quantitative estimate of drug-likeness (QED) is 0.352. The van der Waals surface area contributed by atoms with Crippen LogP contribution in [0.4, 0.5) is 0 Å². The maximum Gasteiger partial charge on any atom is 0.343 e. The Morgan fingerprint density at radius 1 is 2.00 bits per heavy atom. The van der Waals surface area contributed by atoms with Gasteiger partial charge in [0.2, 0.25) is 0 Å². The Labute approximate surface area is 52.1 Å². The molecule has 0 saturated heterocycles. The maximum atomic E-state index is 10.1. The lowest BCUT2D eigenvalue weighted by molar-refractivity contribution is -0.234. The minimum Gasteiger partial charge on any atom is -0.301 e. The first-order chi connectivity index (χ1) is 3.66. The molecule has 0 bridgehead atoms. The first-order valence-electron chi connectivity index (χ1n) is 2.15. The molecule has 0 amide bonds. The van der Waals surface area contributed by atoms with Crippen LogP contribution in [0.15, 0.2) is 0 Å². The third-order valence-electron chi connectivity index (χ3n) is 0.550. The van der Waals surface area contributed by atoms with Gasteiger partial charge in [0, 0.05) is 5.38 Å². The Balaban J connectivity index is 3.25. The fourth-order valence-electron chi connectivity index (χ4n) is 0.267. The molecule has 0 aliphatic carbocycles. The molecule has 0 aliphatic rings. The fraction of sp³-hybridized carbons (Fsp3) is 0.750. The van der Waals surface area contributed by atoms with E-state index in [-0.39, 0.29) is 11.8 Å². The maximum absolute atomic E-state index is 10.1. The number of rotatable bonds is 2. The molecule has 48 valence electrons. The van der Waals surface area contributed by atoms with Crippen molar-refractivity contribution in [3.8, 4) is 0 Å². The van der Waals surface area contributed by atoms with Gasteiger partial charge in [0.1, 0.15) is 0 Å². The van der Waals surface area contributed by atoms with Crippen molar-refractivity contribution in [2.24, 2.45) is 0 Å². The van der Waals surface area contributed by atoms with E-state index in [9.17, 15) is 4.79 Å². The lowest BCUT2D eigenvalue weighted by Gasteiger charge is -1.95. The van der Waals surface area contributed by atoms with E-state index in [1.807, 2.05) is 0 Å². The SMILES string of the molecule is CC(Cl)CC(=O)OO. The van der Waals surface area contributed by atoms with Gasteiger partial charge >= 0.3 is 5.97 Å². The highest BCUT2D eigenvalue weighted by atomic mass is 35.5. The van der Waals surface area contributed by atoms with Crippen molar-refractivity contribution in [3.63, 3.8) is 0 Å². The summed E-state index contributed by atoms with van der Waals surface area (Å²) in [4.78, 5) is 13.4. The predicted molar refractivity (Wildman–Crippen MR) is 28.7 cm³/mol. The second-order valence-corrected chi connectivity index (χ2v) is 2.19. The monoisotopic (exact) mass is 138 g/mol. The summed E-state index contributed by atoms with van der Waals surface area (Å²) in [5.41, 5.74) is 0. The van der Waals surface area contributed by atoms with E-state index in [4.69, 9.17) is 16.9 Å². The zero-order valence-electron chi connectivity index (χ0n) is 4.43. The van der Waals surface area contributed by atoms with Crippen molar-refractivity contribution >= 4 is 17.6 Å². The summed E-state index contributed by atoms with van der Waals surface area (Å²) < 4.78 is 0. The van der Waals surface area contributed by atoms with Crippen LogP contribution in [0.2, 0.25) is 0 Å². The Kier molecular flexibility index (Phi) is 3.56. The summed E-state index contributed by atoms with van der Waals surface area (Å²) in [6, 6.07) is 0. The van der Waals surface area contributed by atoms with Crippen molar-refractivity contribution in [2.45, 2.75) is 18.7 Å². The molecule has 0 spiro atoms. The van der Waals surface area contributed by atoms with Crippen LogP contribution in [0.25, 0.3) is 0 Å². The molecule has 0 rings (SSSR count). The zero-order chi connectivity index (χ0) is 6.57. The molecule has 1 unspecified atom stereocenters. The van der Waals surface area contributed by atoms with Gasteiger partial charge in [-0.25, -0.2) is 4.79 Å². The van der Waals surface area contributed by atoms with Gasteiger partial charge in [-0.1, -0.05) is 0 Å². The Morgan fingerprint density at radius 3 is 2.62 bits per heavy atom. The van der Waals surface area contributed by atoms with E-state index in [1.54, 1.807) is 6.92 Å². The summed E-state index contributed by atoms with van der Waals surface area (Å²) in [5.74, 6) is -0.701. The van der Waals surface area contributed by atoms with E-state index in [1.165, 1.54) is 0 Å². The summed E-state index contributed by atoms with van der Waals surface area (Å²) in [6.45, 7) is 1.64. The summed E-state index contributed by atoms with van der Waals surface area (Å²) in [7, 11) is 0. The van der Waals surface area contributed by atoms with E-state index in [0.29, 0.717) is 0 Å². The minimum atomic E-state index is -0.701. The van der Waals surface area contributed by atoms with Crippen LogP contribution in [0.1, 0.15) is 13.3 Å². The molecule has 0 fully saturated rings. The van der Waals surface area contributed by atoms with Crippen molar-refractivity contribution < 1.29 is 14.9 Å². The molecule has 8 heavy (non-hydrogen) atoms. The summed E-state index contributed by atoms with van der Waals surface area (Å²) in [5, 5.41) is 7.39. The number of hydrogen-bond donors (Lipinski definition) is 1. The molecule has 0 aromatic heterocycles. The number of hydrogen-bond acceptors (Lipinski definition) is 3. The van der Waals surface area contributed by atoms with E-state index in [0.717, 1.165) is 0 Å². The average Bonchev–Trinajstić information content (AvgIpc) is 1.65. The standard InChI is InChI=1S/C4H7ClO3/c1-3(5)2-4(6)8-7/h3,7H,2H2,1H3. The van der Waals surface area contributed by atoms with Crippen molar-refractivity contribution in [1.82, 2.24) is 0 Å². The highest BCUT2D eigenvalue weighted by molar-refractivity contribution is 6.21. The topological polar surface area (TPSA) is 46.5 Å². The van der Waals surface area contributed by atoms with E-state index >= 15 is 0 Å². The van der Waals surface area contributed by atoms with Gasteiger partial charge in [-0.15, -0.1) is 11.6 Å². The lowest BCUT2D eigenvalue weighted by Crippen LogP contribution is -2.06. The van der Waals surface area contributed by atoms with Gasteiger partial charge < -0.3 is 4.89 Å². The number of carbonyl (C=O) groups excluding carboxylic acids is 1. The molecule has 4 heteroatoms. The lowest BCUT2D eigenvalue weighted by atomic mass is 10.3. The second-order valence-electron chi connectivity index (χ2n) is 1.45. The molecule has 0 radical (unpaired) electrons. The average molecular weight is 139 g/mol. The first-order valence-corrected chi connectivity index (χ1v) is 2.58. The summed E-state index contributed by atoms with van der Waals surface area (Å²) >= 11 is 5.34. The molecule has 1 atom stereocenters. The van der Waals surface area contributed by atoms with Crippen molar-refractivity contribution in [1.29, 1.82) is 0 Å². The fourth-order valence-corrected chi connectivity index (χ4v) is 0.393. The van der Waals surface area contributed by atoms with Gasteiger partial charge in [-0.2, -0.15) is 5.26 Å². The van der Waals surface area contributed by atoms with Crippen LogP contribution in [-0.2, 0) is 9.68 Å². The largest absolute Gasteiger partial charge is 0.343 e. The molecule has 0 aliphatic heterocycles. The van der Waals surface area contributed by atoms with Crippen LogP contribution in [0, 0.1) is 0 Å². The van der Waals surface area contributed by atoms with Crippen LogP contribution in [0.5, 0.6) is 0 Å². The molecular weight excluding hydrogens is 131 g/mol. The van der Waals surface area contributed by atoms with Gasteiger partial charge in [0.25, 0.3) is 0 Å². The van der Waals surface area contributed by atoms with Gasteiger partial charge in [0.05, 0.1) is 6.42 Å². The number of carbonyl (C=O) groups is 1. The van der Waals surface area contributed by atoms with Crippen LogP contribution < -0.4 is 0 Å². The van der Waals surface area contributed by atoms with Gasteiger partial charge in [-0.05, 0) is 6.92 Å². The van der Waals surface area contributed by atoms with Gasteiger partial charge in [-0.3, -0.25) is 0 Å². The van der Waals surface area contributed by atoms with Crippen LogP contribution >= 0.6 is 11.6 Å². The smallest absolute Gasteiger partial charge is 0.301 e. The van der Waals surface area contributed by atoms with Crippen molar-refractivity contribution in [3.05, 3.63) is 0 Å². The van der Waals surface area contributed by atoms with Crippen LogP contribution in [0.3, 0.4) is 0 Å². The first kappa shape index (κ1) is 7.72. The molecule has 1 N–H and O–H groups in total. The minimum absolute atomic E-state index is 0.0397. The second kappa shape index (κ2) is 3.69. The van der Waals surface area contributed by atoms with Crippen molar-refractivity contribution in [2.75, 3.05) is 0 Å². The predicted octanol–water partition coefficient (Wildman–Crippen LogP) is 1.02. The molecule has 0 aromatic rings.